The maximum absolute atomic E-state index is 12.3. The van der Waals surface area contributed by atoms with Gasteiger partial charge in [0.25, 0.3) is 0 Å². The average molecular weight is 558 g/mol. The number of ether oxygens (including phenoxy) is 2. The normalized spacial score (nSPS) is 15.4. The number of guanidine groups is 1. The molecule has 1 aliphatic rings. The highest BCUT2D eigenvalue weighted by molar-refractivity contribution is 14.0. The fourth-order valence-corrected chi connectivity index (χ4v) is 3.41. The number of hydrogen-bond donors (Lipinski definition) is 1. The quantitative estimate of drug-likeness (QED) is 0.214. The predicted octanol–water partition coefficient (Wildman–Crippen LogP) is 4.14. The largest absolute Gasteiger partial charge is 0.497 e. The molecular weight excluding hydrogens is 524 g/mol. The van der Waals surface area contributed by atoms with Gasteiger partial charge in [0.1, 0.15) is 11.5 Å². The van der Waals surface area contributed by atoms with Crippen molar-refractivity contribution in [3.63, 3.8) is 0 Å². The molecule has 2 rings (SSSR count). The van der Waals surface area contributed by atoms with E-state index >= 15 is 0 Å². The van der Waals surface area contributed by atoms with Gasteiger partial charge in [-0.2, -0.15) is 13.2 Å². The van der Waals surface area contributed by atoms with Crippen LogP contribution in [-0.2, 0) is 6.54 Å². The van der Waals surface area contributed by atoms with Crippen molar-refractivity contribution in [3.05, 3.63) is 23.8 Å². The average Bonchev–Trinajstić information content (AvgIpc) is 2.72. The maximum Gasteiger partial charge on any atom is 0.389 e. The predicted molar refractivity (Wildman–Crippen MR) is 128 cm³/mol. The number of piperazine rings is 1. The third-order valence-electron chi connectivity index (χ3n) is 5.02. The van der Waals surface area contributed by atoms with E-state index in [1.807, 2.05) is 25.1 Å². The Morgan fingerprint density at radius 1 is 1.10 bits per heavy atom. The van der Waals surface area contributed by atoms with Crippen molar-refractivity contribution in [1.29, 1.82) is 0 Å². The van der Waals surface area contributed by atoms with Crippen LogP contribution in [0.3, 0.4) is 0 Å². The second-order valence-electron chi connectivity index (χ2n) is 7.25. The number of methoxy groups -OCH3 is 2. The van der Waals surface area contributed by atoms with E-state index in [9.17, 15) is 13.2 Å². The van der Waals surface area contributed by atoms with E-state index in [2.05, 4.69) is 20.1 Å². The SMILES string of the molecule is CCNC(=NCCCCC(F)(F)F)N1CCN(Cc2cc(OC)ccc2OC)CC1.I. The molecule has 1 saturated heterocycles. The summed E-state index contributed by atoms with van der Waals surface area (Å²) in [4.78, 5) is 9.05. The molecule has 1 aliphatic heterocycles. The number of rotatable bonds is 9. The third-order valence-corrected chi connectivity index (χ3v) is 5.02. The van der Waals surface area contributed by atoms with Crippen LogP contribution in [0.5, 0.6) is 11.5 Å². The molecule has 1 aromatic carbocycles. The number of unbranched alkanes of at least 4 members (excludes halogenated alkanes) is 1. The third kappa shape index (κ3) is 9.71. The van der Waals surface area contributed by atoms with Crippen molar-refractivity contribution >= 4 is 29.9 Å². The molecule has 0 radical (unpaired) electrons. The summed E-state index contributed by atoms with van der Waals surface area (Å²) in [6.45, 7) is 7.21. The minimum atomic E-state index is -4.09. The highest BCUT2D eigenvalue weighted by atomic mass is 127. The van der Waals surface area contributed by atoms with Gasteiger partial charge in [0.2, 0.25) is 0 Å². The van der Waals surface area contributed by atoms with Gasteiger partial charge in [-0.3, -0.25) is 9.89 Å². The van der Waals surface area contributed by atoms with Crippen molar-refractivity contribution in [2.45, 2.75) is 38.9 Å². The molecule has 0 saturated carbocycles. The van der Waals surface area contributed by atoms with E-state index in [1.165, 1.54) is 0 Å². The van der Waals surface area contributed by atoms with Gasteiger partial charge >= 0.3 is 6.18 Å². The first-order chi connectivity index (χ1) is 14.4. The number of alkyl halides is 3. The van der Waals surface area contributed by atoms with Gasteiger partial charge in [0.05, 0.1) is 14.2 Å². The standard InChI is InChI=1S/C21H33F3N4O2.HI/c1-4-25-20(26-10-6-5-9-21(22,23)24)28-13-11-27(12-14-28)16-17-15-18(29-2)7-8-19(17)30-3;/h7-8,15H,4-6,9-14,16H2,1-3H3,(H,25,26);1H. The minimum Gasteiger partial charge on any atom is -0.497 e. The molecule has 0 aliphatic carbocycles. The zero-order valence-corrected chi connectivity index (χ0v) is 20.8. The fraction of sp³-hybridized carbons (Fsp3) is 0.667. The molecule has 0 amide bonds. The van der Waals surface area contributed by atoms with Crippen LogP contribution in [0.2, 0.25) is 0 Å². The van der Waals surface area contributed by atoms with Crippen LogP contribution in [0.25, 0.3) is 0 Å². The van der Waals surface area contributed by atoms with Crippen molar-refractivity contribution in [1.82, 2.24) is 15.1 Å². The zero-order valence-electron chi connectivity index (χ0n) is 18.5. The Hall–Kier alpha value is -1.43. The van der Waals surface area contributed by atoms with Gasteiger partial charge in [0.15, 0.2) is 5.96 Å². The molecular formula is C21H34F3IN4O2. The molecule has 0 aromatic heterocycles. The maximum atomic E-state index is 12.3. The van der Waals surface area contributed by atoms with Crippen molar-refractivity contribution in [2.24, 2.45) is 4.99 Å². The first-order valence-corrected chi connectivity index (χ1v) is 10.4. The summed E-state index contributed by atoms with van der Waals surface area (Å²) in [5.41, 5.74) is 1.08. The summed E-state index contributed by atoms with van der Waals surface area (Å²) in [5, 5.41) is 3.26. The Kier molecular flexibility index (Phi) is 12.3. The number of hydrogen-bond acceptors (Lipinski definition) is 4. The van der Waals surface area contributed by atoms with Crippen LogP contribution >= 0.6 is 24.0 Å². The second kappa shape index (κ2) is 13.9. The molecule has 1 fully saturated rings. The van der Waals surface area contributed by atoms with E-state index < -0.39 is 12.6 Å². The van der Waals surface area contributed by atoms with Crippen molar-refractivity contribution in [3.8, 4) is 11.5 Å². The van der Waals surface area contributed by atoms with Crippen LogP contribution in [-0.4, -0.2) is 75.4 Å². The zero-order chi connectivity index (χ0) is 22.0. The molecule has 0 bridgehead atoms. The summed E-state index contributed by atoms with van der Waals surface area (Å²) in [7, 11) is 3.31. The Labute approximate surface area is 200 Å². The molecule has 1 aromatic rings. The monoisotopic (exact) mass is 558 g/mol. The van der Waals surface area contributed by atoms with Crippen LogP contribution in [0.15, 0.2) is 23.2 Å². The van der Waals surface area contributed by atoms with Gasteiger partial charge in [-0.15, -0.1) is 24.0 Å². The van der Waals surface area contributed by atoms with Crippen LogP contribution in [0.4, 0.5) is 13.2 Å². The van der Waals surface area contributed by atoms with Crippen LogP contribution < -0.4 is 14.8 Å². The Balaban J connectivity index is 0.00000480. The Bertz CT molecular complexity index is 681. The molecule has 0 spiro atoms. The van der Waals surface area contributed by atoms with Crippen molar-refractivity contribution < 1.29 is 22.6 Å². The summed E-state index contributed by atoms with van der Waals surface area (Å²) in [6.07, 6.45) is -4.28. The molecule has 178 valence electrons. The smallest absolute Gasteiger partial charge is 0.389 e. The molecule has 0 atom stereocenters. The highest BCUT2D eigenvalue weighted by Crippen LogP contribution is 2.26. The number of halogens is 4. The lowest BCUT2D eigenvalue weighted by Gasteiger charge is -2.36. The lowest BCUT2D eigenvalue weighted by atomic mass is 10.1. The first kappa shape index (κ1) is 27.6. The topological polar surface area (TPSA) is 49.3 Å². The number of nitrogens with zero attached hydrogens (tertiary/aromatic N) is 3. The first-order valence-electron chi connectivity index (χ1n) is 10.4. The Morgan fingerprint density at radius 3 is 2.39 bits per heavy atom. The molecule has 31 heavy (non-hydrogen) atoms. The summed E-state index contributed by atoms with van der Waals surface area (Å²) >= 11 is 0. The lowest BCUT2D eigenvalue weighted by Crippen LogP contribution is -2.52. The Morgan fingerprint density at radius 2 is 1.81 bits per heavy atom. The molecule has 1 N–H and O–H groups in total. The summed E-state index contributed by atoms with van der Waals surface area (Å²) in [6, 6.07) is 5.80. The summed E-state index contributed by atoms with van der Waals surface area (Å²) < 4.78 is 47.6. The van der Waals surface area contributed by atoms with E-state index in [0.29, 0.717) is 13.0 Å². The molecule has 0 unspecified atom stereocenters. The molecule has 1 heterocycles. The van der Waals surface area contributed by atoms with Crippen molar-refractivity contribution in [2.75, 3.05) is 53.5 Å². The lowest BCUT2D eigenvalue weighted by molar-refractivity contribution is -0.135. The number of aliphatic imine (C=N–C) groups is 1. The van der Waals surface area contributed by atoms with Gasteiger partial charge in [-0.1, -0.05) is 0 Å². The second-order valence-corrected chi connectivity index (χ2v) is 7.25. The van der Waals surface area contributed by atoms with E-state index in [4.69, 9.17) is 9.47 Å². The number of nitrogens with one attached hydrogen (secondary N) is 1. The van der Waals surface area contributed by atoms with Gasteiger partial charge in [0, 0.05) is 57.8 Å². The molecule has 6 nitrogen and oxygen atoms in total. The van der Waals surface area contributed by atoms with E-state index in [1.54, 1.807) is 14.2 Å². The van der Waals surface area contributed by atoms with Crippen LogP contribution in [0, 0.1) is 0 Å². The fourth-order valence-electron chi connectivity index (χ4n) is 3.41. The van der Waals surface area contributed by atoms with E-state index in [0.717, 1.165) is 62.3 Å². The minimum absolute atomic E-state index is 0. The van der Waals surface area contributed by atoms with E-state index in [-0.39, 0.29) is 30.4 Å². The number of benzene rings is 1. The summed E-state index contributed by atoms with van der Waals surface area (Å²) in [5.74, 6) is 2.42. The highest BCUT2D eigenvalue weighted by Gasteiger charge is 2.26. The molecule has 10 heteroatoms. The van der Waals surface area contributed by atoms with Crippen LogP contribution in [0.1, 0.15) is 31.7 Å². The van der Waals surface area contributed by atoms with Gasteiger partial charge in [-0.05, 0) is 38.0 Å². The van der Waals surface area contributed by atoms with Gasteiger partial charge in [-0.25, -0.2) is 0 Å². The van der Waals surface area contributed by atoms with Gasteiger partial charge < -0.3 is 19.7 Å².